The zero-order valence-corrected chi connectivity index (χ0v) is 17.3. The quantitative estimate of drug-likeness (QED) is 0.349. The number of hydrogen-bond donors (Lipinski definition) is 1. The number of thioether (sulfide) groups is 1. The van der Waals surface area contributed by atoms with Crippen LogP contribution in [0, 0.1) is 5.41 Å². The second kappa shape index (κ2) is 10.6. The van der Waals surface area contributed by atoms with Crippen LogP contribution in [0.25, 0.3) is 0 Å². The van der Waals surface area contributed by atoms with Crippen LogP contribution in [0.5, 0.6) is 0 Å². The Bertz CT molecular complexity index is 463. The molecule has 0 aliphatic rings. The summed E-state index contributed by atoms with van der Waals surface area (Å²) in [4.78, 5) is 23.6. The van der Waals surface area contributed by atoms with Crippen molar-refractivity contribution in [3.8, 4) is 0 Å². The van der Waals surface area contributed by atoms with Crippen molar-refractivity contribution in [1.82, 2.24) is 5.09 Å². The molecular formula is C15H30NO6PS. The Balaban J connectivity index is 4.52. The average Bonchev–Trinajstić information content (AvgIpc) is 2.41. The molecule has 0 radical (unpaired) electrons. The molecule has 2 atom stereocenters. The first-order valence-corrected chi connectivity index (χ1v) is 10.5. The number of esters is 1. The van der Waals surface area contributed by atoms with Crippen molar-refractivity contribution in [3.05, 3.63) is 0 Å². The van der Waals surface area contributed by atoms with E-state index in [9.17, 15) is 14.2 Å². The molecule has 0 amide bonds. The van der Waals surface area contributed by atoms with Gasteiger partial charge < -0.3 is 4.74 Å². The summed E-state index contributed by atoms with van der Waals surface area (Å²) in [6, 6.07) is -0.839. The molecule has 0 saturated carbocycles. The smallest absolute Gasteiger partial charge is 0.406 e. The van der Waals surface area contributed by atoms with E-state index in [2.05, 4.69) is 5.09 Å². The van der Waals surface area contributed by atoms with Gasteiger partial charge in [0, 0.05) is 11.2 Å². The fraction of sp³-hybridized carbons (Fsp3) is 0.867. The van der Waals surface area contributed by atoms with E-state index in [0.717, 1.165) is 11.8 Å². The van der Waals surface area contributed by atoms with Crippen LogP contribution < -0.4 is 5.09 Å². The lowest BCUT2D eigenvalue weighted by atomic mass is 10.00. The maximum Gasteiger partial charge on any atom is 0.406 e. The van der Waals surface area contributed by atoms with E-state index in [-0.39, 0.29) is 24.4 Å². The molecule has 1 N–H and O–H groups in total. The van der Waals surface area contributed by atoms with Crippen LogP contribution in [0.15, 0.2) is 0 Å². The summed E-state index contributed by atoms with van der Waals surface area (Å²) in [5.41, 5.74) is -0.443. The molecule has 142 valence electrons. The van der Waals surface area contributed by atoms with Crippen molar-refractivity contribution in [1.29, 1.82) is 0 Å². The van der Waals surface area contributed by atoms with Crippen molar-refractivity contribution in [2.45, 2.75) is 60.6 Å². The molecule has 0 rings (SSSR count). The van der Waals surface area contributed by atoms with E-state index in [1.807, 2.05) is 20.8 Å². The van der Waals surface area contributed by atoms with Crippen molar-refractivity contribution < 1.29 is 27.9 Å². The van der Waals surface area contributed by atoms with Crippen LogP contribution in [0.3, 0.4) is 0 Å². The molecule has 24 heavy (non-hydrogen) atoms. The number of rotatable bonds is 10. The lowest BCUT2D eigenvalue weighted by Crippen LogP contribution is -2.35. The summed E-state index contributed by atoms with van der Waals surface area (Å²) in [6.45, 7) is 12.4. The second-order valence-electron chi connectivity index (χ2n) is 6.47. The number of ether oxygens (including phenoxy) is 1. The van der Waals surface area contributed by atoms with Crippen LogP contribution in [-0.4, -0.2) is 42.2 Å². The summed E-state index contributed by atoms with van der Waals surface area (Å²) in [7, 11) is -3.65. The third-order valence-corrected chi connectivity index (χ3v) is 5.62. The van der Waals surface area contributed by atoms with Gasteiger partial charge in [-0.15, -0.1) is 0 Å². The molecule has 0 aliphatic heterocycles. The van der Waals surface area contributed by atoms with Crippen molar-refractivity contribution in [2.24, 2.45) is 5.41 Å². The molecule has 0 aromatic heterocycles. The normalized spacial score (nSPS) is 15.8. The van der Waals surface area contributed by atoms with Gasteiger partial charge in [0.25, 0.3) is 0 Å². The monoisotopic (exact) mass is 383 g/mol. The molecule has 0 aliphatic carbocycles. The minimum absolute atomic E-state index is 0.0270. The topological polar surface area (TPSA) is 90.9 Å². The summed E-state index contributed by atoms with van der Waals surface area (Å²) in [5.74, 6) is -0.189. The Morgan fingerprint density at radius 2 is 1.75 bits per heavy atom. The first kappa shape index (κ1) is 23.6. The number of carbonyl (C=O) groups excluding carboxylic acids is 2. The summed E-state index contributed by atoms with van der Waals surface area (Å²) >= 11 is 1.12. The molecule has 0 saturated heterocycles. The first-order valence-electron chi connectivity index (χ1n) is 7.96. The van der Waals surface area contributed by atoms with Gasteiger partial charge in [0.1, 0.15) is 6.04 Å². The third kappa shape index (κ3) is 9.79. The van der Waals surface area contributed by atoms with Gasteiger partial charge in [-0.1, -0.05) is 32.5 Å². The van der Waals surface area contributed by atoms with Gasteiger partial charge in [0.05, 0.1) is 19.3 Å². The van der Waals surface area contributed by atoms with Gasteiger partial charge in [-0.2, -0.15) is 0 Å². The van der Waals surface area contributed by atoms with Crippen LogP contribution in [-0.2, 0) is 27.9 Å². The molecule has 1 unspecified atom stereocenters. The van der Waals surface area contributed by atoms with Crippen molar-refractivity contribution in [3.63, 3.8) is 0 Å². The number of nitrogens with one attached hydrogen (secondary N) is 1. The van der Waals surface area contributed by atoms with Gasteiger partial charge in [-0.25, -0.2) is 9.65 Å². The van der Waals surface area contributed by atoms with Gasteiger partial charge in [-0.05, 0) is 27.7 Å². The zero-order chi connectivity index (χ0) is 19.0. The van der Waals surface area contributed by atoms with Crippen LogP contribution >= 0.6 is 19.5 Å². The SMILES string of the molecule is CCOP(=O)(N[C@@H](C)C(=O)OC(C)C)OCCSC(=O)C(C)(C)C. The molecule has 0 aromatic carbocycles. The Hall–Kier alpha value is -0.400. The molecular weight excluding hydrogens is 353 g/mol. The van der Waals surface area contributed by atoms with E-state index >= 15 is 0 Å². The molecule has 9 heteroatoms. The van der Waals surface area contributed by atoms with Crippen LogP contribution in [0.2, 0.25) is 0 Å². The fourth-order valence-corrected chi connectivity index (χ4v) is 3.80. The van der Waals surface area contributed by atoms with E-state index < -0.39 is 25.2 Å². The van der Waals surface area contributed by atoms with Gasteiger partial charge in [0.2, 0.25) is 0 Å². The van der Waals surface area contributed by atoms with Gasteiger partial charge in [-0.3, -0.25) is 18.6 Å². The van der Waals surface area contributed by atoms with Crippen molar-refractivity contribution in [2.75, 3.05) is 19.0 Å². The number of carbonyl (C=O) groups is 2. The standard InChI is InChI=1S/C15H30NO6PS/c1-8-20-23(19,16-12(4)13(17)22-11(2)3)21-9-10-24-14(18)15(5,6)7/h11-12H,8-10H2,1-7H3,(H,16,19)/t12-,23?/m0/s1. The predicted octanol–water partition coefficient (Wildman–Crippen LogP) is 3.38. The summed E-state index contributed by atoms with van der Waals surface area (Å²) in [5, 5.41) is 2.59. The second-order valence-corrected chi connectivity index (χ2v) is 9.31. The van der Waals surface area contributed by atoms with E-state index in [4.69, 9.17) is 13.8 Å². The average molecular weight is 383 g/mol. The van der Waals surface area contributed by atoms with Crippen LogP contribution in [0.1, 0.15) is 48.5 Å². The van der Waals surface area contributed by atoms with E-state index in [1.165, 1.54) is 6.92 Å². The molecule has 0 heterocycles. The molecule has 7 nitrogen and oxygen atoms in total. The molecule has 0 fully saturated rings. The maximum absolute atomic E-state index is 12.6. The Kier molecular flexibility index (Phi) is 10.4. The van der Waals surface area contributed by atoms with E-state index in [1.54, 1.807) is 20.8 Å². The molecule has 0 bridgehead atoms. The lowest BCUT2D eigenvalue weighted by Gasteiger charge is -2.22. The summed E-state index contributed by atoms with van der Waals surface area (Å²) < 4.78 is 28.1. The van der Waals surface area contributed by atoms with E-state index in [0.29, 0.717) is 5.75 Å². The minimum Gasteiger partial charge on any atom is -0.462 e. The maximum atomic E-state index is 12.6. The summed E-state index contributed by atoms with van der Waals surface area (Å²) in [6.07, 6.45) is -0.269. The highest BCUT2D eigenvalue weighted by Gasteiger charge is 2.30. The third-order valence-electron chi connectivity index (χ3n) is 2.55. The Morgan fingerprint density at radius 1 is 1.17 bits per heavy atom. The fourth-order valence-electron chi connectivity index (χ4n) is 1.41. The predicted molar refractivity (Wildman–Crippen MR) is 95.9 cm³/mol. The lowest BCUT2D eigenvalue weighted by molar-refractivity contribution is -0.149. The highest BCUT2D eigenvalue weighted by Crippen LogP contribution is 2.44. The Morgan fingerprint density at radius 3 is 2.21 bits per heavy atom. The minimum atomic E-state index is -3.65. The van der Waals surface area contributed by atoms with Crippen molar-refractivity contribution >= 4 is 30.6 Å². The van der Waals surface area contributed by atoms with Gasteiger partial charge >= 0.3 is 13.7 Å². The number of hydrogen-bond acceptors (Lipinski definition) is 7. The molecule has 0 spiro atoms. The van der Waals surface area contributed by atoms with Crippen LogP contribution in [0.4, 0.5) is 0 Å². The highest BCUT2D eigenvalue weighted by atomic mass is 32.2. The zero-order valence-electron chi connectivity index (χ0n) is 15.6. The highest BCUT2D eigenvalue weighted by molar-refractivity contribution is 8.13. The Labute approximate surface area is 149 Å². The molecule has 0 aromatic rings. The first-order chi connectivity index (χ1) is 10.9. The largest absolute Gasteiger partial charge is 0.462 e. The van der Waals surface area contributed by atoms with Gasteiger partial charge in [0.15, 0.2) is 5.12 Å².